The van der Waals surface area contributed by atoms with E-state index in [0.717, 1.165) is 6.20 Å². The summed E-state index contributed by atoms with van der Waals surface area (Å²) >= 11 is 0. The molecular formula is C9H9F3N2O2. The van der Waals surface area contributed by atoms with Crippen molar-refractivity contribution in [1.82, 2.24) is 9.55 Å². The van der Waals surface area contributed by atoms with Crippen LogP contribution in [0.15, 0.2) is 6.20 Å². The summed E-state index contributed by atoms with van der Waals surface area (Å²) in [5.74, 6) is -1.41. The molecule has 0 unspecified atom stereocenters. The molecule has 0 fully saturated rings. The number of alkyl halides is 3. The number of aromatic nitrogens is 2. The fraction of sp³-hybridized carbons (Fsp3) is 0.556. The number of carbonyl (C=O) groups is 1. The van der Waals surface area contributed by atoms with E-state index in [1.807, 2.05) is 0 Å². The average molecular weight is 234 g/mol. The number of hydrogen-bond acceptors (Lipinski definition) is 2. The number of carboxylic acids is 1. The number of aliphatic carboxylic acids is 1. The monoisotopic (exact) mass is 234 g/mol. The molecule has 7 heteroatoms. The molecule has 0 radical (unpaired) electrons. The zero-order chi connectivity index (χ0) is 11.9. The van der Waals surface area contributed by atoms with E-state index in [1.165, 1.54) is 4.57 Å². The van der Waals surface area contributed by atoms with Crippen LogP contribution >= 0.6 is 0 Å². The zero-order valence-corrected chi connectivity index (χ0v) is 8.16. The van der Waals surface area contributed by atoms with Crippen LogP contribution in [0.5, 0.6) is 0 Å². The van der Waals surface area contributed by atoms with E-state index in [-0.39, 0.29) is 18.8 Å². The van der Waals surface area contributed by atoms with Gasteiger partial charge in [-0.15, -0.1) is 0 Å². The van der Waals surface area contributed by atoms with Crippen LogP contribution in [0.2, 0.25) is 0 Å². The predicted molar refractivity (Wildman–Crippen MR) is 46.7 cm³/mol. The molecule has 1 aromatic rings. The molecule has 0 saturated heterocycles. The number of rotatable bonds is 1. The molecule has 0 aliphatic carbocycles. The minimum atomic E-state index is -4.47. The highest BCUT2D eigenvalue weighted by Crippen LogP contribution is 2.30. The van der Waals surface area contributed by atoms with Crippen molar-refractivity contribution in [3.8, 4) is 0 Å². The molecule has 4 nitrogen and oxygen atoms in total. The van der Waals surface area contributed by atoms with Crippen molar-refractivity contribution in [2.24, 2.45) is 5.92 Å². The molecule has 0 aromatic carbocycles. The molecule has 1 aliphatic heterocycles. The number of halogens is 3. The van der Waals surface area contributed by atoms with Gasteiger partial charge >= 0.3 is 12.1 Å². The Kier molecular flexibility index (Phi) is 2.40. The lowest BCUT2D eigenvalue weighted by molar-refractivity contribution is -0.142. The Bertz CT molecular complexity index is 425. The molecule has 0 amide bonds. The first kappa shape index (κ1) is 11.0. The van der Waals surface area contributed by atoms with Crippen molar-refractivity contribution in [2.45, 2.75) is 25.6 Å². The summed E-state index contributed by atoms with van der Waals surface area (Å²) in [5.41, 5.74) is -0.950. The number of hydrogen-bond donors (Lipinski definition) is 1. The predicted octanol–water partition coefficient (Wildman–Crippen LogP) is 1.55. The Labute approximate surface area is 88.7 Å². The van der Waals surface area contributed by atoms with Gasteiger partial charge in [0, 0.05) is 19.2 Å². The van der Waals surface area contributed by atoms with Crippen LogP contribution in [0.1, 0.15) is 17.9 Å². The van der Waals surface area contributed by atoms with Gasteiger partial charge in [-0.25, -0.2) is 4.98 Å². The van der Waals surface area contributed by atoms with E-state index in [2.05, 4.69) is 4.98 Å². The summed E-state index contributed by atoms with van der Waals surface area (Å²) in [5, 5.41) is 8.77. The summed E-state index contributed by atoms with van der Waals surface area (Å²) in [6, 6.07) is 0. The SMILES string of the molecule is O=C(O)[C@H]1CCn2cc(C(F)(F)F)nc2C1. The number of aryl methyl sites for hydroxylation is 1. The Morgan fingerprint density at radius 2 is 2.25 bits per heavy atom. The van der Waals surface area contributed by atoms with Gasteiger partial charge in [-0.1, -0.05) is 0 Å². The van der Waals surface area contributed by atoms with Gasteiger partial charge in [-0.2, -0.15) is 13.2 Å². The van der Waals surface area contributed by atoms with E-state index in [4.69, 9.17) is 5.11 Å². The number of imidazole rings is 1. The molecule has 1 N–H and O–H groups in total. The highest BCUT2D eigenvalue weighted by molar-refractivity contribution is 5.70. The summed E-state index contributed by atoms with van der Waals surface area (Å²) in [7, 11) is 0. The number of nitrogens with zero attached hydrogens (tertiary/aromatic N) is 2. The van der Waals surface area contributed by atoms with E-state index < -0.39 is 23.8 Å². The second-order valence-electron chi connectivity index (χ2n) is 3.76. The van der Waals surface area contributed by atoms with E-state index >= 15 is 0 Å². The second-order valence-corrected chi connectivity index (χ2v) is 3.76. The molecule has 0 bridgehead atoms. The van der Waals surface area contributed by atoms with Crippen LogP contribution in [0, 0.1) is 5.92 Å². The van der Waals surface area contributed by atoms with Gasteiger partial charge in [0.15, 0.2) is 5.69 Å². The van der Waals surface area contributed by atoms with Gasteiger partial charge in [-0.3, -0.25) is 4.79 Å². The van der Waals surface area contributed by atoms with Crippen LogP contribution in [0.25, 0.3) is 0 Å². The Morgan fingerprint density at radius 1 is 1.56 bits per heavy atom. The van der Waals surface area contributed by atoms with Crippen molar-refractivity contribution in [1.29, 1.82) is 0 Å². The Morgan fingerprint density at radius 3 is 2.81 bits per heavy atom. The number of carboxylic acid groups (broad SMARTS) is 1. The molecule has 1 aromatic heterocycles. The van der Waals surface area contributed by atoms with Gasteiger partial charge < -0.3 is 9.67 Å². The summed E-state index contributed by atoms with van der Waals surface area (Å²) in [6.45, 7) is 0.273. The maximum Gasteiger partial charge on any atom is 0.434 e. The zero-order valence-electron chi connectivity index (χ0n) is 8.16. The maximum absolute atomic E-state index is 12.3. The Hall–Kier alpha value is -1.53. The van der Waals surface area contributed by atoms with Gasteiger partial charge in [0.2, 0.25) is 0 Å². The third kappa shape index (κ3) is 1.89. The van der Waals surface area contributed by atoms with Crippen LogP contribution in [0.4, 0.5) is 13.2 Å². The van der Waals surface area contributed by atoms with Crippen molar-refractivity contribution in [3.05, 3.63) is 17.7 Å². The molecule has 2 heterocycles. The molecule has 1 aliphatic rings. The first-order valence-corrected chi connectivity index (χ1v) is 4.74. The van der Waals surface area contributed by atoms with Crippen LogP contribution in [-0.4, -0.2) is 20.6 Å². The fourth-order valence-electron chi connectivity index (χ4n) is 1.78. The van der Waals surface area contributed by atoms with Crippen molar-refractivity contribution >= 4 is 5.97 Å². The minimum absolute atomic E-state index is 0.0609. The van der Waals surface area contributed by atoms with E-state index in [9.17, 15) is 18.0 Å². The normalized spacial score (nSPS) is 20.6. The topological polar surface area (TPSA) is 55.1 Å². The summed E-state index contributed by atoms with van der Waals surface area (Å²) < 4.78 is 38.4. The Balaban J connectivity index is 2.27. The van der Waals surface area contributed by atoms with Crippen molar-refractivity contribution in [3.63, 3.8) is 0 Å². The van der Waals surface area contributed by atoms with Gasteiger partial charge in [0.25, 0.3) is 0 Å². The van der Waals surface area contributed by atoms with E-state index in [0.29, 0.717) is 6.42 Å². The summed E-state index contributed by atoms with van der Waals surface area (Å²) in [4.78, 5) is 14.1. The van der Waals surface area contributed by atoms with Crippen LogP contribution < -0.4 is 0 Å². The van der Waals surface area contributed by atoms with E-state index in [1.54, 1.807) is 0 Å². The highest BCUT2D eigenvalue weighted by Gasteiger charge is 2.36. The fourth-order valence-corrected chi connectivity index (χ4v) is 1.78. The molecule has 16 heavy (non-hydrogen) atoms. The third-order valence-electron chi connectivity index (χ3n) is 2.65. The largest absolute Gasteiger partial charge is 0.481 e. The lowest BCUT2D eigenvalue weighted by Crippen LogP contribution is -2.25. The smallest absolute Gasteiger partial charge is 0.434 e. The lowest BCUT2D eigenvalue weighted by atomic mass is 9.98. The van der Waals surface area contributed by atoms with Crippen molar-refractivity contribution < 1.29 is 23.1 Å². The standard InChI is InChI=1S/C9H9F3N2O2/c10-9(11,12)6-4-14-2-1-5(8(15)16)3-7(14)13-6/h4-5H,1-3H2,(H,15,16)/t5-/m0/s1. The second kappa shape index (κ2) is 3.50. The quantitative estimate of drug-likeness (QED) is 0.802. The third-order valence-corrected chi connectivity index (χ3v) is 2.65. The maximum atomic E-state index is 12.3. The average Bonchev–Trinajstić information content (AvgIpc) is 2.58. The molecular weight excluding hydrogens is 225 g/mol. The lowest BCUT2D eigenvalue weighted by Gasteiger charge is -2.19. The van der Waals surface area contributed by atoms with Crippen LogP contribution in [0.3, 0.4) is 0 Å². The molecule has 88 valence electrons. The molecule has 0 saturated carbocycles. The first-order valence-electron chi connectivity index (χ1n) is 4.74. The minimum Gasteiger partial charge on any atom is -0.481 e. The molecule has 1 atom stereocenters. The first-order chi connectivity index (χ1) is 7.38. The van der Waals surface area contributed by atoms with Gasteiger partial charge in [0.05, 0.1) is 5.92 Å². The summed E-state index contributed by atoms with van der Waals surface area (Å²) in [6.07, 6.45) is -3.13. The van der Waals surface area contributed by atoms with Crippen molar-refractivity contribution in [2.75, 3.05) is 0 Å². The molecule has 2 rings (SSSR count). The highest BCUT2D eigenvalue weighted by atomic mass is 19.4. The van der Waals surface area contributed by atoms with Crippen LogP contribution in [-0.2, 0) is 23.9 Å². The van der Waals surface area contributed by atoms with Gasteiger partial charge in [-0.05, 0) is 6.42 Å². The molecule has 0 spiro atoms. The number of fused-ring (bicyclic) bond motifs is 1. The van der Waals surface area contributed by atoms with Gasteiger partial charge in [0.1, 0.15) is 5.82 Å².